The molecular formula is HClLaLiTa. The third-order valence-electron chi connectivity index (χ3n) is 0. The van der Waals surface area contributed by atoms with Crippen molar-refractivity contribution in [1.29, 1.82) is 0 Å². The van der Waals surface area contributed by atoms with Gasteiger partial charge in [0.15, 0.2) is 0 Å². The Bertz CT molecular complexity index is 8.00. The Balaban J connectivity index is -0.00000000500. The summed E-state index contributed by atoms with van der Waals surface area (Å²) in [4.78, 5) is 0. The van der Waals surface area contributed by atoms with E-state index in [1.165, 1.54) is 0 Å². The van der Waals surface area contributed by atoms with E-state index in [1.807, 2.05) is 0 Å². The van der Waals surface area contributed by atoms with E-state index < -0.39 is 0 Å². The van der Waals surface area contributed by atoms with Gasteiger partial charge in [0.25, 0.3) is 0 Å². The fourth-order valence-electron chi connectivity index (χ4n) is 0. The van der Waals surface area contributed by atoms with Crippen molar-refractivity contribution >= 4 is 28.1 Å². The van der Waals surface area contributed by atoms with Gasteiger partial charge in [-0.25, -0.2) is 0 Å². The van der Waals surface area contributed by atoms with Crippen LogP contribution in [0.3, 0.4) is 0 Å². The van der Waals surface area contributed by atoms with E-state index in [9.17, 15) is 0 Å². The van der Waals surface area contributed by atoms with E-state index in [1.54, 1.807) is 0 Å². The molecule has 0 aliphatic heterocycles. The Kier molecular flexibility index (Phi) is 67.3. The van der Waals surface area contributed by atoms with Crippen LogP contribution in [-0.2, 0) is 20.0 Å². The quantitative estimate of drug-likeness (QED) is 0.534. The molecule has 0 aromatic carbocycles. The molecule has 4 heteroatoms. The monoisotopic (exact) mass is 363 g/mol. The van der Waals surface area contributed by atoms with Crippen molar-refractivity contribution in [2.75, 3.05) is 0 Å². The van der Waals surface area contributed by atoms with Crippen LogP contribution in [-0.4, -0.2) is 18.9 Å². The van der Waals surface area contributed by atoms with Crippen LogP contribution in [0, 0.1) is 35.6 Å². The molecule has 0 heterocycles. The summed E-state index contributed by atoms with van der Waals surface area (Å²) >= 11 is 0.917. The van der Waals surface area contributed by atoms with E-state index in [4.69, 9.17) is 9.19 Å². The Morgan fingerprint density at radius 2 is 1.25 bits per heavy atom. The fraction of sp³-hybridized carbons (Fsp3) is 0. The second-order valence-corrected chi connectivity index (χ2v) is 0. The van der Waals surface area contributed by atoms with Crippen LogP contribution >= 0.6 is 9.19 Å². The summed E-state index contributed by atoms with van der Waals surface area (Å²) in [5.74, 6) is 0. The third kappa shape index (κ3) is 8.85. The molecule has 0 N–H and O–H groups in total. The molecule has 0 saturated heterocycles. The molecular weight excluding hydrogens is 362 g/mol. The zero-order valence-corrected chi connectivity index (χ0v) is 9.00. The summed E-state index contributed by atoms with van der Waals surface area (Å²) in [5, 5.41) is 0. The Morgan fingerprint density at radius 3 is 1.25 bits per heavy atom. The first kappa shape index (κ1) is 15.8. The predicted molar refractivity (Wildman–Crippen MR) is 13.0 cm³/mol. The van der Waals surface area contributed by atoms with E-state index in [0.29, 0.717) is 0 Å². The zero-order valence-electron chi connectivity index (χ0n) is 1.40. The van der Waals surface area contributed by atoms with Crippen LogP contribution in [0.5, 0.6) is 0 Å². The SMILES string of the molecule is [Cl][Ta].[La].[LiH]. The number of rotatable bonds is 0. The van der Waals surface area contributed by atoms with Crippen molar-refractivity contribution in [1.82, 2.24) is 0 Å². The molecule has 0 fully saturated rings. The van der Waals surface area contributed by atoms with Crippen molar-refractivity contribution in [3.63, 3.8) is 0 Å². The average molecular weight is 363 g/mol. The van der Waals surface area contributed by atoms with E-state index >= 15 is 0 Å². The summed E-state index contributed by atoms with van der Waals surface area (Å²) < 4.78 is 0. The summed E-state index contributed by atoms with van der Waals surface area (Å²) in [6, 6.07) is 0. The summed E-state index contributed by atoms with van der Waals surface area (Å²) in [6.45, 7) is 0. The molecule has 0 spiro atoms. The minimum atomic E-state index is 0. The Labute approximate surface area is 81.9 Å². The molecule has 0 aromatic rings. The van der Waals surface area contributed by atoms with Crippen molar-refractivity contribution in [2.24, 2.45) is 0 Å². The molecule has 0 amide bonds. The van der Waals surface area contributed by atoms with Crippen molar-refractivity contribution in [3.05, 3.63) is 0 Å². The standard InChI is InChI=1S/ClH.La.Li.Ta.H/h1H;;;;/q;;;+1;/p-1. The van der Waals surface area contributed by atoms with Gasteiger partial charge < -0.3 is 0 Å². The first-order valence-corrected chi connectivity index (χ1v) is 4.15. The predicted octanol–water partition coefficient (Wildman–Crippen LogP) is 0.0385. The maximum absolute atomic E-state index is 4.75. The Morgan fingerprint density at radius 1 is 1.25 bits per heavy atom. The molecule has 0 saturated carbocycles. The van der Waals surface area contributed by atoms with Gasteiger partial charge in [0.1, 0.15) is 0 Å². The molecule has 0 aliphatic carbocycles. The van der Waals surface area contributed by atoms with Gasteiger partial charge in [0, 0.05) is 35.6 Å². The van der Waals surface area contributed by atoms with Crippen LogP contribution in [0.1, 0.15) is 0 Å². The molecule has 0 rings (SSSR count). The van der Waals surface area contributed by atoms with Crippen molar-refractivity contribution in [3.8, 4) is 0 Å². The van der Waals surface area contributed by atoms with Crippen molar-refractivity contribution in [2.45, 2.75) is 0 Å². The first-order valence-electron chi connectivity index (χ1n) is 0.169. The van der Waals surface area contributed by atoms with Gasteiger partial charge in [-0.05, 0) is 0 Å². The van der Waals surface area contributed by atoms with Gasteiger partial charge in [-0.15, -0.1) is 0 Å². The van der Waals surface area contributed by atoms with E-state index in [0.717, 1.165) is 20.0 Å². The third-order valence-corrected chi connectivity index (χ3v) is 0. The number of halogens is 1. The van der Waals surface area contributed by atoms with Gasteiger partial charge in [0.05, 0.1) is 0 Å². The minimum absolute atomic E-state index is 0. The van der Waals surface area contributed by atoms with Crippen LogP contribution in [0.25, 0.3) is 0 Å². The van der Waals surface area contributed by atoms with Crippen LogP contribution in [0.4, 0.5) is 0 Å². The number of hydrogen-bond acceptors (Lipinski definition) is 0. The van der Waals surface area contributed by atoms with Crippen molar-refractivity contribution < 1.29 is 55.6 Å². The van der Waals surface area contributed by atoms with Gasteiger partial charge in [-0.3, -0.25) is 0 Å². The topological polar surface area (TPSA) is 0 Å². The molecule has 0 bridgehead atoms. The molecule has 17 valence electrons. The molecule has 0 unspecified atom stereocenters. The summed E-state index contributed by atoms with van der Waals surface area (Å²) in [5.41, 5.74) is 0. The van der Waals surface area contributed by atoms with Crippen LogP contribution in [0.15, 0.2) is 0 Å². The fourth-order valence-corrected chi connectivity index (χ4v) is 0. The second kappa shape index (κ2) is 17.0. The maximum atomic E-state index is 4.75. The van der Waals surface area contributed by atoms with E-state index in [-0.39, 0.29) is 54.5 Å². The number of hydrogen-bond donors (Lipinski definition) is 0. The van der Waals surface area contributed by atoms with Gasteiger partial charge in [-0.1, -0.05) is 0 Å². The van der Waals surface area contributed by atoms with Gasteiger partial charge in [-0.2, -0.15) is 0 Å². The normalized spacial score (nSPS) is 1.25. The average Bonchev–Trinajstić information content (AvgIpc) is 1.00. The zero-order chi connectivity index (χ0) is 2.00. The first-order chi connectivity index (χ1) is 1.00. The van der Waals surface area contributed by atoms with Crippen LogP contribution in [0.2, 0.25) is 0 Å². The molecule has 0 atom stereocenters. The molecule has 0 aliphatic rings. The van der Waals surface area contributed by atoms with Gasteiger partial charge >= 0.3 is 48.0 Å². The molecule has 4 heavy (non-hydrogen) atoms. The van der Waals surface area contributed by atoms with E-state index in [2.05, 4.69) is 0 Å². The summed E-state index contributed by atoms with van der Waals surface area (Å²) in [7, 11) is 4.75. The molecule has 0 nitrogen and oxygen atoms in total. The van der Waals surface area contributed by atoms with Gasteiger partial charge in [0.2, 0.25) is 0 Å². The Hall–Kier alpha value is 2.82. The molecule has 0 aromatic heterocycles. The molecule has 1 radical (unpaired) electrons. The second-order valence-electron chi connectivity index (χ2n) is 0. The summed E-state index contributed by atoms with van der Waals surface area (Å²) in [6.07, 6.45) is 0. The van der Waals surface area contributed by atoms with Crippen LogP contribution < -0.4 is 0 Å².